The number of carboxylic acids is 1. The highest BCUT2D eigenvalue weighted by atomic mass is 16.5. The van der Waals surface area contributed by atoms with Gasteiger partial charge in [-0.1, -0.05) is 38.5 Å². The van der Waals surface area contributed by atoms with Gasteiger partial charge in [0.1, 0.15) is 11.8 Å². The molecule has 1 aromatic rings. The average Bonchev–Trinajstić information content (AvgIpc) is 2.46. The van der Waals surface area contributed by atoms with Crippen LogP contribution in [0.4, 0.5) is 0 Å². The van der Waals surface area contributed by atoms with Crippen molar-refractivity contribution in [3.63, 3.8) is 0 Å². The highest BCUT2D eigenvalue weighted by molar-refractivity contribution is 5.83. The van der Waals surface area contributed by atoms with Gasteiger partial charge < -0.3 is 15.2 Å². The number of carbonyl (C=O) groups is 2. The summed E-state index contributed by atoms with van der Waals surface area (Å²) in [5.41, 5.74) is 2.03. The summed E-state index contributed by atoms with van der Waals surface area (Å²) in [6.45, 7) is 7.84. The third kappa shape index (κ3) is 5.06. The van der Waals surface area contributed by atoms with Crippen molar-refractivity contribution in [2.45, 2.75) is 46.6 Å². The molecule has 0 aliphatic rings. The molecule has 2 N–H and O–H groups in total. The van der Waals surface area contributed by atoms with Crippen LogP contribution in [0.15, 0.2) is 18.2 Å². The van der Waals surface area contributed by atoms with E-state index in [1.165, 1.54) is 0 Å². The van der Waals surface area contributed by atoms with Gasteiger partial charge in [0.05, 0.1) is 13.0 Å². The normalized spacial score (nSPS) is 13.3. The molecule has 0 radical (unpaired) electrons. The number of aryl methyl sites for hydroxylation is 2. The van der Waals surface area contributed by atoms with Crippen molar-refractivity contribution in [2.75, 3.05) is 6.61 Å². The van der Waals surface area contributed by atoms with E-state index in [0.717, 1.165) is 16.9 Å². The van der Waals surface area contributed by atoms with Crippen LogP contribution in [0.2, 0.25) is 0 Å². The third-order valence-corrected chi connectivity index (χ3v) is 3.78. The Labute approximate surface area is 131 Å². The number of benzene rings is 1. The molecule has 2 unspecified atom stereocenters. The zero-order valence-electron chi connectivity index (χ0n) is 13.7. The standard InChI is InChI=1S/C17H25NO4/c1-5-11(2)15(17(20)21)18-14(19)9-10-22-16-12(3)7-6-8-13(16)4/h6-8,11,15H,5,9-10H2,1-4H3,(H,18,19)(H,20,21). The fourth-order valence-corrected chi connectivity index (χ4v) is 2.20. The minimum Gasteiger partial charge on any atom is -0.493 e. The van der Waals surface area contributed by atoms with Crippen molar-refractivity contribution in [3.05, 3.63) is 29.3 Å². The van der Waals surface area contributed by atoms with Gasteiger partial charge in [0.25, 0.3) is 0 Å². The Morgan fingerprint density at radius 1 is 1.27 bits per heavy atom. The van der Waals surface area contributed by atoms with Gasteiger partial charge in [0.2, 0.25) is 5.91 Å². The van der Waals surface area contributed by atoms with Gasteiger partial charge in [-0.25, -0.2) is 4.79 Å². The van der Waals surface area contributed by atoms with Gasteiger partial charge in [0.15, 0.2) is 0 Å². The number of carbonyl (C=O) groups excluding carboxylic acids is 1. The second-order valence-electron chi connectivity index (χ2n) is 5.59. The van der Waals surface area contributed by atoms with Crippen LogP contribution in [0.1, 0.15) is 37.8 Å². The first-order valence-corrected chi connectivity index (χ1v) is 7.58. The highest BCUT2D eigenvalue weighted by Crippen LogP contribution is 2.22. The van der Waals surface area contributed by atoms with Gasteiger partial charge >= 0.3 is 5.97 Å². The molecule has 5 nitrogen and oxygen atoms in total. The molecule has 5 heteroatoms. The Bertz CT molecular complexity index is 507. The Balaban J connectivity index is 2.51. The van der Waals surface area contributed by atoms with Crippen LogP contribution in [0.25, 0.3) is 0 Å². The fraction of sp³-hybridized carbons (Fsp3) is 0.529. The number of rotatable bonds is 8. The first-order chi connectivity index (χ1) is 10.4. The van der Waals surface area contributed by atoms with Crippen molar-refractivity contribution in [1.29, 1.82) is 0 Å². The molecule has 0 fully saturated rings. The lowest BCUT2D eigenvalue weighted by Gasteiger charge is -2.20. The molecule has 2 atom stereocenters. The van der Waals surface area contributed by atoms with Crippen molar-refractivity contribution in [1.82, 2.24) is 5.32 Å². The second-order valence-corrected chi connectivity index (χ2v) is 5.59. The molecule has 0 aromatic heterocycles. The van der Waals surface area contributed by atoms with Crippen LogP contribution in [0, 0.1) is 19.8 Å². The molecule has 122 valence electrons. The summed E-state index contributed by atoms with van der Waals surface area (Å²) in [6, 6.07) is 5.00. The monoisotopic (exact) mass is 307 g/mol. The predicted octanol–water partition coefficient (Wildman–Crippen LogP) is 2.69. The van der Waals surface area contributed by atoms with E-state index in [-0.39, 0.29) is 24.9 Å². The van der Waals surface area contributed by atoms with Crippen molar-refractivity contribution in [3.8, 4) is 5.75 Å². The maximum absolute atomic E-state index is 11.9. The van der Waals surface area contributed by atoms with Crippen LogP contribution in [0.3, 0.4) is 0 Å². The molecule has 0 heterocycles. The molecule has 1 amide bonds. The number of para-hydroxylation sites is 1. The van der Waals surface area contributed by atoms with E-state index in [1.54, 1.807) is 0 Å². The molecule has 1 rings (SSSR count). The Kier molecular flexibility index (Phi) is 6.89. The van der Waals surface area contributed by atoms with E-state index in [9.17, 15) is 9.59 Å². The van der Waals surface area contributed by atoms with Crippen LogP contribution in [-0.2, 0) is 9.59 Å². The lowest BCUT2D eigenvalue weighted by Crippen LogP contribution is -2.45. The lowest BCUT2D eigenvalue weighted by atomic mass is 9.99. The van der Waals surface area contributed by atoms with Gasteiger partial charge in [0, 0.05) is 0 Å². The average molecular weight is 307 g/mol. The number of nitrogens with one attached hydrogen (secondary N) is 1. The highest BCUT2D eigenvalue weighted by Gasteiger charge is 2.25. The first kappa shape index (κ1) is 18.0. The van der Waals surface area contributed by atoms with Crippen LogP contribution < -0.4 is 10.1 Å². The number of aliphatic carboxylic acids is 1. The maximum Gasteiger partial charge on any atom is 0.326 e. The molecule has 0 saturated heterocycles. The van der Waals surface area contributed by atoms with Crippen molar-refractivity contribution < 1.29 is 19.4 Å². The predicted molar refractivity (Wildman–Crippen MR) is 85.0 cm³/mol. The molecular weight excluding hydrogens is 282 g/mol. The molecule has 0 aliphatic carbocycles. The Hall–Kier alpha value is -2.04. The first-order valence-electron chi connectivity index (χ1n) is 7.58. The number of ether oxygens (including phenoxy) is 1. The van der Waals surface area contributed by atoms with Crippen molar-refractivity contribution in [2.24, 2.45) is 5.92 Å². The summed E-state index contributed by atoms with van der Waals surface area (Å²) in [5.74, 6) is -0.634. The molecular formula is C17H25NO4. The summed E-state index contributed by atoms with van der Waals surface area (Å²) in [7, 11) is 0. The second kappa shape index (κ2) is 8.41. The summed E-state index contributed by atoms with van der Waals surface area (Å²) in [4.78, 5) is 23.1. The van der Waals surface area contributed by atoms with Gasteiger partial charge in [-0.15, -0.1) is 0 Å². The number of hydrogen-bond donors (Lipinski definition) is 2. The molecule has 0 saturated carbocycles. The summed E-state index contributed by atoms with van der Waals surface area (Å²) < 4.78 is 5.66. The zero-order valence-corrected chi connectivity index (χ0v) is 13.7. The number of amides is 1. The number of carboxylic acid groups (broad SMARTS) is 1. The molecule has 22 heavy (non-hydrogen) atoms. The van der Waals surface area contributed by atoms with E-state index >= 15 is 0 Å². The molecule has 1 aromatic carbocycles. The molecule has 0 aliphatic heterocycles. The minimum atomic E-state index is -1.00. The molecule has 0 spiro atoms. The van der Waals surface area contributed by atoms with E-state index in [2.05, 4.69) is 5.32 Å². The maximum atomic E-state index is 11.9. The zero-order chi connectivity index (χ0) is 16.7. The van der Waals surface area contributed by atoms with E-state index in [0.29, 0.717) is 6.42 Å². The summed E-state index contributed by atoms with van der Waals surface area (Å²) in [5, 5.41) is 11.7. The summed E-state index contributed by atoms with van der Waals surface area (Å²) >= 11 is 0. The van der Waals surface area contributed by atoms with Gasteiger partial charge in [-0.05, 0) is 30.9 Å². The minimum absolute atomic E-state index is 0.110. The SMILES string of the molecule is CCC(C)C(NC(=O)CCOc1c(C)cccc1C)C(=O)O. The van der Waals surface area contributed by atoms with Crippen LogP contribution >= 0.6 is 0 Å². The quantitative estimate of drug-likeness (QED) is 0.774. The topological polar surface area (TPSA) is 75.6 Å². The van der Waals surface area contributed by atoms with E-state index in [4.69, 9.17) is 9.84 Å². The molecule has 0 bridgehead atoms. The lowest BCUT2D eigenvalue weighted by molar-refractivity contribution is -0.143. The largest absolute Gasteiger partial charge is 0.493 e. The van der Waals surface area contributed by atoms with Crippen molar-refractivity contribution >= 4 is 11.9 Å². The van der Waals surface area contributed by atoms with Crippen LogP contribution in [-0.4, -0.2) is 29.6 Å². The Morgan fingerprint density at radius 2 is 1.86 bits per heavy atom. The fourth-order valence-electron chi connectivity index (χ4n) is 2.20. The smallest absolute Gasteiger partial charge is 0.326 e. The third-order valence-electron chi connectivity index (χ3n) is 3.78. The van der Waals surface area contributed by atoms with E-state index < -0.39 is 12.0 Å². The Morgan fingerprint density at radius 3 is 2.36 bits per heavy atom. The number of hydrogen-bond acceptors (Lipinski definition) is 3. The van der Waals surface area contributed by atoms with Gasteiger partial charge in [-0.2, -0.15) is 0 Å². The van der Waals surface area contributed by atoms with Gasteiger partial charge in [-0.3, -0.25) is 4.79 Å². The van der Waals surface area contributed by atoms with Crippen LogP contribution in [0.5, 0.6) is 5.75 Å². The van der Waals surface area contributed by atoms with E-state index in [1.807, 2.05) is 45.9 Å². The summed E-state index contributed by atoms with van der Waals surface area (Å²) in [6.07, 6.45) is 0.824.